The van der Waals surface area contributed by atoms with Gasteiger partial charge in [-0.25, -0.2) is 0 Å². The van der Waals surface area contributed by atoms with E-state index in [-0.39, 0.29) is 12.4 Å². The molecule has 6 nitrogen and oxygen atoms in total. The van der Waals surface area contributed by atoms with Crippen molar-refractivity contribution in [1.29, 1.82) is 0 Å². The molecule has 0 spiro atoms. The van der Waals surface area contributed by atoms with Crippen molar-refractivity contribution >= 4 is 11.9 Å². The Morgan fingerprint density at radius 2 is 1.12 bits per heavy atom. The molecule has 0 unspecified atom stereocenters. The van der Waals surface area contributed by atoms with Crippen molar-refractivity contribution in [3.63, 3.8) is 0 Å². The minimum atomic E-state index is -0.742. The van der Waals surface area contributed by atoms with Gasteiger partial charge in [0.05, 0.1) is 0 Å². The summed E-state index contributed by atoms with van der Waals surface area (Å²) in [6.45, 7) is 15.6. The molecule has 0 fully saturated rings. The summed E-state index contributed by atoms with van der Waals surface area (Å²) in [5, 5.41) is 8.37. The average Bonchev–Trinajstić information content (AvgIpc) is 2.98. The lowest BCUT2D eigenvalue weighted by molar-refractivity contribution is -0.144. The zero-order valence-electron chi connectivity index (χ0n) is 25.6. The average molecular weight is 555 g/mol. The standard InChI is InChI=1S/C25H44N2O2.C9H10O2/c1-5-26(6-2)20-12-10-9-11-13-23-14-16-24(17-15-23)18-19-25(28)29-22-21-27(7-3)8-4;10-9(11)7-6-8-4-2-1-3-5-8/h14-17H,5-13,18-22H2,1-4H3;1-5H,6-7H2,(H,10,11). The molecule has 0 saturated carbocycles. The van der Waals surface area contributed by atoms with Crippen LogP contribution in [0.1, 0.15) is 82.9 Å². The summed E-state index contributed by atoms with van der Waals surface area (Å²) in [4.78, 5) is 26.8. The van der Waals surface area contributed by atoms with Gasteiger partial charge in [0, 0.05) is 19.4 Å². The molecule has 0 aliphatic heterocycles. The zero-order chi connectivity index (χ0) is 29.4. The van der Waals surface area contributed by atoms with Crippen molar-refractivity contribution in [2.75, 3.05) is 45.9 Å². The van der Waals surface area contributed by atoms with Crippen LogP contribution in [0.4, 0.5) is 0 Å². The van der Waals surface area contributed by atoms with Gasteiger partial charge >= 0.3 is 11.9 Å². The molecule has 224 valence electrons. The molecular weight excluding hydrogens is 500 g/mol. The normalized spacial score (nSPS) is 10.8. The maximum absolute atomic E-state index is 11.9. The van der Waals surface area contributed by atoms with Gasteiger partial charge in [-0.05, 0) is 81.5 Å². The highest BCUT2D eigenvalue weighted by Gasteiger charge is 2.06. The summed E-state index contributed by atoms with van der Waals surface area (Å²) < 4.78 is 5.35. The number of carboxylic acid groups (broad SMARTS) is 1. The Kier molecular flexibility index (Phi) is 20.4. The molecule has 0 aromatic heterocycles. The Morgan fingerprint density at radius 3 is 1.70 bits per heavy atom. The summed E-state index contributed by atoms with van der Waals surface area (Å²) in [5.41, 5.74) is 3.70. The van der Waals surface area contributed by atoms with Gasteiger partial charge in [-0.15, -0.1) is 0 Å². The molecule has 0 aliphatic carbocycles. The molecule has 0 bridgehead atoms. The monoisotopic (exact) mass is 554 g/mol. The van der Waals surface area contributed by atoms with Gasteiger partial charge in [-0.3, -0.25) is 9.59 Å². The van der Waals surface area contributed by atoms with Gasteiger partial charge in [0.1, 0.15) is 6.61 Å². The Hall–Kier alpha value is -2.70. The number of nitrogens with zero attached hydrogens (tertiary/aromatic N) is 2. The van der Waals surface area contributed by atoms with Crippen LogP contribution in [-0.2, 0) is 33.6 Å². The Bertz CT molecular complexity index is 894. The summed E-state index contributed by atoms with van der Waals surface area (Å²) in [6, 6.07) is 18.4. The zero-order valence-corrected chi connectivity index (χ0v) is 25.6. The first-order valence-corrected chi connectivity index (χ1v) is 15.4. The van der Waals surface area contributed by atoms with E-state index in [0.717, 1.165) is 51.1 Å². The van der Waals surface area contributed by atoms with E-state index in [0.29, 0.717) is 19.4 Å². The van der Waals surface area contributed by atoms with E-state index in [9.17, 15) is 9.59 Å². The second kappa shape index (κ2) is 23.0. The highest BCUT2D eigenvalue weighted by molar-refractivity contribution is 5.69. The molecule has 0 saturated heterocycles. The van der Waals surface area contributed by atoms with Gasteiger partial charge in [-0.1, -0.05) is 95.1 Å². The van der Waals surface area contributed by atoms with E-state index in [2.05, 4.69) is 61.8 Å². The van der Waals surface area contributed by atoms with Crippen molar-refractivity contribution in [3.05, 3.63) is 71.3 Å². The molecule has 0 aliphatic rings. The molecular formula is C34H54N2O4. The van der Waals surface area contributed by atoms with E-state index >= 15 is 0 Å². The number of aliphatic carboxylic acids is 1. The second-order valence-electron chi connectivity index (χ2n) is 10.1. The Balaban J connectivity index is 0.000000603. The summed E-state index contributed by atoms with van der Waals surface area (Å²) in [7, 11) is 0. The van der Waals surface area contributed by atoms with E-state index < -0.39 is 5.97 Å². The van der Waals surface area contributed by atoms with Gasteiger partial charge in [0.15, 0.2) is 0 Å². The van der Waals surface area contributed by atoms with Crippen LogP contribution in [0.3, 0.4) is 0 Å². The number of rotatable bonds is 20. The molecule has 2 aromatic rings. The van der Waals surface area contributed by atoms with Crippen LogP contribution >= 0.6 is 0 Å². The minimum absolute atomic E-state index is 0.0917. The molecule has 0 atom stereocenters. The SMILES string of the molecule is CCN(CC)CCCCCCc1ccc(CCC(=O)OCCN(CC)CC)cc1.O=C(O)CCc1ccccc1. The number of unbranched alkanes of at least 4 members (excludes halogenated alkanes) is 3. The number of hydrogen-bond acceptors (Lipinski definition) is 5. The predicted octanol–water partition coefficient (Wildman–Crippen LogP) is 6.65. The Morgan fingerprint density at radius 1 is 0.625 bits per heavy atom. The van der Waals surface area contributed by atoms with Crippen LogP contribution in [0.2, 0.25) is 0 Å². The lowest BCUT2D eigenvalue weighted by Crippen LogP contribution is -2.27. The van der Waals surface area contributed by atoms with Gasteiger partial charge in [0.25, 0.3) is 0 Å². The number of carbonyl (C=O) groups excluding carboxylic acids is 1. The van der Waals surface area contributed by atoms with Gasteiger partial charge in [-0.2, -0.15) is 0 Å². The summed E-state index contributed by atoms with van der Waals surface area (Å²) in [5.74, 6) is -0.834. The third-order valence-corrected chi connectivity index (χ3v) is 7.26. The lowest BCUT2D eigenvalue weighted by atomic mass is 10.0. The van der Waals surface area contributed by atoms with E-state index in [1.807, 2.05) is 30.3 Å². The quantitative estimate of drug-likeness (QED) is 0.146. The first kappa shape index (κ1) is 35.3. The van der Waals surface area contributed by atoms with Gasteiger partial charge < -0.3 is 19.6 Å². The first-order chi connectivity index (χ1) is 19.4. The van der Waals surface area contributed by atoms with Crippen LogP contribution < -0.4 is 0 Å². The highest BCUT2D eigenvalue weighted by Crippen LogP contribution is 2.12. The number of carboxylic acids is 1. The van der Waals surface area contributed by atoms with Crippen molar-refractivity contribution in [2.24, 2.45) is 0 Å². The summed E-state index contributed by atoms with van der Waals surface area (Å²) >= 11 is 0. The van der Waals surface area contributed by atoms with Crippen molar-refractivity contribution in [2.45, 2.75) is 85.5 Å². The number of likely N-dealkylation sites (N-methyl/N-ethyl adjacent to an activating group) is 1. The van der Waals surface area contributed by atoms with E-state index in [1.165, 1.54) is 43.4 Å². The van der Waals surface area contributed by atoms with Crippen molar-refractivity contribution in [1.82, 2.24) is 9.80 Å². The molecule has 0 amide bonds. The fourth-order valence-corrected chi connectivity index (χ4v) is 4.47. The van der Waals surface area contributed by atoms with Crippen LogP contribution in [0.25, 0.3) is 0 Å². The molecule has 2 aromatic carbocycles. The molecule has 1 N–H and O–H groups in total. The largest absolute Gasteiger partial charge is 0.481 e. The van der Waals surface area contributed by atoms with E-state index in [4.69, 9.17) is 9.84 Å². The van der Waals surface area contributed by atoms with Crippen LogP contribution in [-0.4, -0.2) is 72.7 Å². The number of aryl methyl sites for hydroxylation is 3. The fraction of sp³-hybridized carbons (Fsp3) is 0.588. The predicted molar refractivity (Wildman–Crippen MR) is 166 cm³/mol. The van der Waals surface area contributed by atoms with Crippen molar-refractivity contribution in [3.8, 4) is 0 Å². The number of carbonyl (C=O) groups is 2. The molecule has 0 radical (unpaired) electrons. The van der Waals surface area contributed by atoms with Crippen LogP contribution in [0, 0.1) is 0 Å². The van der Waals surface area contributed by atoms with E-state index in [1.54, 1.807) is 0 Å². The van der Waals surface area contributed by atoms with Gasteiger partial charge in [0.2, 0.25) is 0 Å². The second-order valence-corrected chi connectivity index (χ2v) is 10.1. The molecule has 40 heavy (non-hydrogen) atoms. The van der Waals surface area contributed by atoms with Crippen LogP contribution in [0.15, 0.2) is 54.6 Å². The molecule has 2 rings (SSSR count). The number of esters is 1. The smallest absolute Gasteiger partial charge is 0.306 e. The number of benzene rings is 2. The topological polar surface area (TPSA) is 70.1 Å². The third-order valence-electron chi connectivity index (χ3n) is 7.26. The maximum Gasteiger partial charge on any atom is 0.306 e. The minimum Gasteiger partial charge on any atom is -0.481 e. The lowest BCUT2D eigenvalue weighted by Gasteiger charge is -2.17. The fourth-order valence-electron chi connectivity index (χ4n) is 4.47. The molecule has 0 heterocycles. The molecule has 6 heteroatoms. The number of ether oxygens (including phenoxy) is 1. The maximum atomic E-state index is 11.9. The van der Waals surface area contributed by atoms with Crippen molar-refractivity contribution < 1.29 is 19.4 Å². The van der Waals surface area contributed by atoms with Crippen LogP contribution in [0.5, 0.6) is 0 Å². The number of hydrogen-bond donors (Lipinski definition) is 1. The first-order valence-electron chi connectivity index (χ1n) is 15.4. The third kappa shape index (κ3) is 17.8. The highest BCUT2D eigenvalue weighted by atomic mass is 16.5. The summed E-state index contributed by atoms with van der Waals surface area (Å²) in [6.07, 6.45) is 8.41. The Labute approximate surface area is 243 Å².